The van der Waals surface area contributed by atoms with Crippen LogP contribution in [-0.2, 0) is 9.53 Å². The number of aromatic nitrogens is 2. The molecule has 0 fully saturated rings. The zero-order chi connectivity index (χ0) is 22.2. The molecule has 1 aromatic heterocycles. The largest absolute Gasteiger partial charge is 0.463 e. The first-order valence-corrected chi connectivity index (χ1v) is 11.0. The molecule has 0 amide bonds. The maximum atomic E-state index is 13.4. The summed E-state index contributed by atoms with van der Waals surface area (Å²) in [4.78, 5) is 18.2. The van der Waals surface area contributed by atoms with Gasteiger partial charge in [-0.05, 0) is 42.3 Å². The monoisotopic (exact) mass is 463 g/mol. The van der Waals surface area contributed by atoms with Crippen molar-refractivity contribution in [3.05, 3.63) is 99.5 Å². The van der Waals surface area contributed by atoms with Gasteiger partial charge in [-0.2, -0.15) is 0 Å². The molecule has 1 N–H and O–H groups in total. The summed E-state index contributed by atoms with van der Waals surface area (Å²) in [5, 5.41) is 4.37. The molecule has 3 aromatic carbocycles. The van der Waals surface area contributed by atoms with Crippen LogP contribution in [0.5, 0.6) is 0 Å². The van der Waals surface area contributed by atoms with E-state index in [1.807, 2.05) is 65.2 Å². The summed E-state index contributed by atoms with van der Waals surface area (Å²) < 4.78 is 7.50. The van der Waals surface area contributed by atoms with Crippen LogP contribution in [-0.4, -0.2) is 22.1 Å². The highest BCUT2D eigenvalue weighted by Crippen LogP contribution is 2.44. The fraction of sp³-hybridized carbons (Fsp3) is 0.120. The highest BCUT2D eigenvalue weighted by Gasteiger charge is 2.37. The summed E-state index contributed by atoms with van der Waals surface area (Å²) >= 11 is 12.9. The van der Waals surface area contributed by atoms with Crippen molar-refractivity contribution in [2.75, 3.05) is 11.9 Å². The third-order valence-corrected chi connectivity index (χ3v) is 6.01. The normalized spacial score (nSPS) is 15.4. The molecule has 160 valence electrons. The first kappa shape index (κ1) is 20.6. The Balaban J connectivity index is 1.86. The predicted octanol–water partition coefficient (Wildman–Crippen LogP) is 6.33. The lowest BCUT2D eigenvalue weighted by Gasteiger charge is -2.32. The van der Waals surface area contributed by atoms with Gasteiger partial charge in [0, 0.05) is 10.0 Å². The van der Waals surface area contributed by atoms with Crippen LogP contribution in [0.15, 0.2) is 78.4 Å². The summed E-state index contributed by atoms with van der Waals surface area (Å²) in [5.74, 6) is 0.201. The number of halogens is 2. The van der Waals surface area contributed by atoms with E-state index in [4.69, 9.17) is 32.9 Å². The van der Waals surface area contributed by atoms with Crippen molar-refractivity contribution in [3.8, 4) is 0 Å². The number of nitrogens with zero attached hydrogens (tertiary/aromatic N) is 2. The van der Waals surface area contributed by atoms with Crippen molar-refractivity contribution in [2.45, 2.75) is 13.0 Å². The SMILES string of the molecule is CCOC(=O)C1=C(c2ccccc2)Nc2nc3ccccc3n2C1c1ccc(Cl)cc1Cl. The first-order valence-electron chi connectivity index (χ1n) is 10.2. The predicted molar refractivity (Wildman–Crippen MR) is 128 cm³/mol. The molecule has 2 heterocycles. The summed E-state index contributed by atoms with van der Waals surface area (Å²) in [5.41, 5.74) is 4.37. The van der Waals surface area contributed by atoms with Crippen molar-refractivity contribution in [3.63, 3.8) is 0 Å². The number of carbonyl (C=O) groups excluding carboxylic acids is 1. The van der Waals surface area contributed by atoms with Gasteiger partial charge in [0.2, 0.25) is 5.95 Å². The Bertz CT molecular complexity index is 1360. The van der Waals surface area contributed by atoms with Crippen LogP contribution in [0.2, 0.25) is 10.0 Å². The van der Waals surface area contributed by atoms with Crippen LogP contribution < -0.4 is 5.32 Å². The molecule has 1 atom stereocenters. The van der Waals surface area contributed by atoms with Crippen molar-refractivity contribution < 1.29 is 9.53 Å². The number of esters is 1. The second-order valence-electron chi connectivity index (χ2n) is 7.36. The van der Waals surface area contributed by atoms with Crippen molar-refractivity contribution >= 4 is 51.8 Å². The highest BCUT2D eigenvalue weighted by molar-refractivity contribution is 6.35. The van der Waals surface area contributed by atoms with E-state index in [1.165, 1.54) is 0 Å². The summed E-state index contributed by atoms with van der Waals surface area (Å²) in [7, 11) is 0. The summed E-state index contributed by atoms with van der Waals surface area (Å²) in [6, 6.07) is 22.2. The Morgan fingerprint density at radius 2 is 1.81 bits per heavy atom. The first-order chi connectivity index (χ1) is 15.6. The average molecular weight is 464 g/mol. The molecule has 5 rings (SSSR count). The summed E-state index contributed by atoms with van der Waals surface area (Å²) in [6.07, 6.45) is 0. The second kappa shape index (κ2) is 8.34. The Labute approximate surface area is 195 Å². The minimum Gasteiger partial charge on any atom is -0.463 e. The Morgan fingerprint density at radius 3 is 2.56 bits per heavy atom. The van der Waals surface area contributed by atoms with E-state index in [2.05, 4.69) is 5.32 Å². The van der Waals surface area contributed by atoms with Gasteiger partial charge >= 0.3 is 5.97 Å². The highest BCUT2D eigenvalue weighted by atomic mass is 35.5. The second-order valence-corrected chi connectivity index (χ2v) is 8.21. The number of carbonyl (C=O) groups is 1. The van der Waals surface area contributed by atoms with E-state index in [-0.39, 0.29) is 6.61 Å². The lowest BCUT2D eigenvalue weighted by atomic mass is 9.92. The van der Waals surface area contributed by atoms with E-state index in [9.17, 15) is 4.79 Å². The maximum absolute atomic E-state index is 13.4. The van der Waals surface area contributed by atoms with Crippen LogP contribution in [0.25, 0.3) is 16.7 Å². The van der Waals surface area contributed by atoms with E-state index in [1.54, 1.807) is 19.1 Å². The van der Waals surface area contributed by atoms with Crippen LogP contribution in [0, 0.1) is 0 Å². The molecule has 1 unspecified atom stereocenters. The molecule has 0 radical (unpaired) electrons. The van der Waals surface area contributed by atoms with Gasteiger partial charge in [0.15, 0.2) is 0 Å². The molecule has 0 aliphatic carbocycles. The van der Waals surface area contributed by atoms with E-state index in [0.29, 0.717) is 27.3 Å². The van der Waals surface area contributed by atoms with Crippen molar-refractivity contribution in [1.82, 2.24) is 9.55 Å². The molecule has 0 bridgehead atoms. The number of nitrogens with one attached hydrogen (secondary N) is 1. The van der Waals surface area contributed by atoms with Gasteiger partial charge in [0.05, 0.1) is 35.0 Å². The molecule has 4 aromatic rings. The van der Waals surface area contributed by atoms with E-state index < -0.39 is 12.0 Å². The smallest absolute Gasteiger partial charge is 0.338 e. The van der Waals surface area contributed by atoms with Crippen molar-refractivity contribution in [1.29, 1.82) is 0 Å². The lowest BCUT2D eigenvalue weighted by Crippen LogP contribution is -2.29. The van der Waals surface area contributed by atoms with Crippen LogP contribution in [0.1, 0.15) is 24.1 Å². The zero-order valence-electron chi connectivity index (χ0n) is 17.2. The molecule has 5 nitrogen and oxygen atoms in total. The number of hydrogen-bond acceptors (Lipinski definition) is 4. The number of fused-ring (bicyclic) bond motifs is 3. The molecule has 0 saturated carbocycles. The Morgan fingerprint density at radius 1 is 1.06 bits per heavy atom. The average Bonchev–Trinajstić information content (AvgIpc) is 3.17. The zero-order valence-corrected chi connectivity index (χ0v) is 18.7. The Kier molecular flexibility index (Phi) is 5.37. The molecule has 0 spiro atoms. The molecular weight excluding hydrogens is 445 g/mol. The molecule has 32 heavy (non-hydrogen) atoms. The van der Waals surface area contributed by atoms with Crippen LogP contribution in [0.4, 0.5) is 5.95 Å². The van der Waals surface area contributed by atoms with E-state index >= 15 is 0 Å². The van der Waals surface area contributed by atoms with Crippen LogP contribution >= 0.6 is 23.2 Å². The number of hydrogen-bond donors (Lipinski definition) is 1. The number of anilines is 1. The number of ether oxygens (including phenoxy) is 1. The number of benzene rings is 3. The third kappa shape index (κ3) is 3.44. The quantitative estimate of drug-likeness (QED) is 0.359. The summed E-state index contributed by atoms with van der Waals surface area (Å²) in [6.45, 7) is 2.04. The van der Waals surface area contributed by atoms with Crippen molar-refractivity contribution in [2.24, 2.45) is 0 Å². The van der Waals surface area contributed by atoms with Gasteiger partial charge in [0.25, 0.3) is 0 Å². The van der Waals surface area contributed by atoms with Gasteiger partial charge in [0.1, 0.15) is 0 Å². The van der Waals surface area contributed by atoms with Gasteiger partial charge in [-0.15, -0.1) is 0 Å². The fourth-order valence-corrected chi connectivity index (χ4v) is 4.62. The standard InChI is InChI=1S/C25H19Cl2N3O2/c1-2-32-24(31)21-22(15-8-4-3-5-9-15)29-25-28-19-10-6-7-11-20(19)30(25)23(21)17-13-12-16(26)14-18(17)27/h3-14,23H,2H2,1H3,(H,28,29). The lowest BCUT2D eigenvalue weighted by molar-refractivity contribution is -0.138. The molecular formula is C25H19Cl2N3O2. The topological polar surface area (TPSA) is 56.1 Å². The van der Waals surface area contributed by atoms with Gasteiger partial charge in [-0.1, -0.05) is 71.7 Å². The van der Waals surface area contributed by atoms with Gasteiger partial charge < -0.3 is 10.1 Å². The molecule has 7 heteroatoms. The fourth-order valence-electron chi connectivity index (χ4n) is 4.11. The third-order valence-electron chi connectivity index (χ3n) is 5.45. The Hall–Kier alpha value is -3.28. The molecule has 1 aliphatic heterocycles. The molecule has 1 aliphatic rings. The van der Waals surface area contributed by atoms with E-state index in [0.717, 1.165) is 22.2 Å². The minimum atomic E-state index is -0.558. The van der Waals surface area contributed by atoms with Crippen LogP contribution in [0.3, 0.4) is 0 Å². The number of rotatable bonds is 4. The maximum Gasteiger partial charge on any atom is 0.338 e. The number of para-hydroxylation sites is 2. The molecule has 0 saturated heterocycles. The van der Waals surface area contributed by atoms with Gasteiger partial charge in [-0.25, -0.2) is 9.78 Å². The van der Waals surface area contributed by atoms with Gasteiger partial charge in [-0.3, -0.25) is 4.57 Å². The minimum absolute atomic E-state index is 0.253. The number of imidazole rings is 1.